The summed E-state index contributed by atoms with van der Waals surface area (Å²) in [6, 6.07) is 5.82. The van der Waals surface area contributed by atoms with Gasteiger partial charge in [-0.2, -0.15) is 0 Å². The molecule has 4 nitrogen and oxygen atoms in total. The molecule has 3 rings (SSSR count). The maximum absolute atomic E-state index is 13.0. The van der Waals surface area contributed by atoms with Crippen LogP contribution in [-0.4, -0.2) is 10.9 Å². The molecule has 1 amide bonds. The quantitative estimate of drug-likeness (QED) is 0.720. The van der Waals surface area contributed by atoms with E-state index in [0.29, 0.717) is 20.7 Å². The normalized spacial score (nSPS) is 10.8. The van der Waals surface area contributed by atoms with Crippen LogP contribution in [0.15, 0.2) is 41.1 Å². The molecule has 106 valence electrons. The highest BCUT2D eigenvalue weighted by Gasteiger charge is 2.17. The maximum Gasteiger partial charge on any atom is 0.267 e. The van der Waals surface area contributed by atoms with E-state index in [0.717, 1.165) is 10.1 Å². The Labute approximate surface area is 131 Å². The minimum absolute atomic E-state index is 0.332. The average molecular weight is 366 g/mol. The lowest BCUT2D eigenvalue weighted by molar-refractivity contribution is 0.103. The van der Waals surface area contributed by atoms with Gasteiger partial charge in [-0.05, 0) is 40.2 Å². The van der Waals surface area contributed by atoms with E-state index < -0.39 is 0 Å². The van der Waals surface area contributed by atoms with Crippen LogP contribution in [0.4, 0.5) is 15.8 Å². The highest BCUT2D eigenvalue weighted by atomic mass is 79.9. The number of pyridine rings is 1. The molecule has 0 bridgehead atoms. The number of thiophene rings is 1. The summed E-state index contributed by atoms with van der Waals surface area (Å²) in [6.07, 6.45) is 3.30. The van der Waals surface area contributed by atoms with Crippen molar-refractivity contribution in [3.05, 3.63) is 51.8 Å². The summed E-state index contributed by atoms with van der Waals surface area (Å²) in [5.41, 5.74) is 6.91. The molecule has 7 heteroatoms. The molecule has 0 radical (unpaired) electrons. The van der Waals surface area contributed by atoms with E-state index in [-0.39, 0.29) is 11.7 Å². The number of nitrogens with zero attached hydrogens (tertiary/aromatic N) is 1. The predicted molar refractivity (Wildman–Crippen MR) is 86.1 cm³/mol. The standard InChI is InChI=1S/C14H9BrFN3OS/c15-9-5-7(16)1-2-10(9)19-14(20)13-12(17)8-3-4-18-6-11(8)21-13/h1-6H,17H2,(H,19,20). The Morgan fingerprint density at radius 2 is 2.19 bits per heavy atom. The summed E-state index contributed by atoms with van der Waals surface area (Å²) >= 11 is 4.48. The fraction of sp³-hybridized carbons (Fsp3) is 0. The second-order valence-corrected chi connectivity index (χ2v) is 6.20. The van der Waals surface area contributed by atoms with Crippen LogP contribution in [0.1, 0.15) is 9.67 Å². The summed E-state index contributed by atoms with van der Waals surface area (Å²) in [5.74, 6) is -0.715. The number of carbonyl (C=O) groups excluding carboxylic acids is 1. The maximum atomic E-state index is 13.0. The lowest BCUT2D eigenvalue weighted by Gasteiger charge is -2.06. The van der Waals surface area contributed by atoms with Gasteiger partial charge in [0, 0.05) is 22.3 Å². The van der Waals surface area contributed by atoms with Crippen molar-refractivity contribution in [3.8, 4) is 0 Å². The average Bonchev–Trinajstić information content (AvgIpc) is 2.80. The topological polar surface area (TPSA) is 68.0 Å². The zero-order valence-electron chi connectivity index (χ0n) is 10.6. The van der Waals surface area contributed by atoms with Crippen molar-refractivity contribution in [1.82, 2.24) is 4.98 Å². The van der Waals surface area contributed by atoms with E-state index in [1.807, 2.05) is 0 Å². The Morgan fingerprint density at radius 1 is 1.38 bits per heavy atom. The van der Waals surface area contributed by atoms with Gasteiger partial charge < -0.3 is 11.1 Å². The first-order chi connectivity index (χ1) is 10.1. The van der Waals surface area contributed by atoms with E-state index in [1.54, 1.807) is 18.5 Å². The first kappa shape index (κ1) is 14.0. The van der Waals surface area contributed by atoms with E-state index in [2.05, 4.69) is 26.2 Å². The Bertz CT molecular complexity index is 849. The first-order valence-electron chi connectivity index (χ1n) is 5.94. The second kappa shape index (κ2) is 5.42. The van der Waals surface area contributed by atoms with Crippen molar-refractivity contribution in [2.75, 3.05) is 11.1 Å². The number of anilines is 2. The summed E-state index contributed by atoms with van der Waals surface area (Å²) < 4.78 is 14.4. The summed E-state index contributed by atoms with van der Waals surface area (Å²) in [4.78, 5) is 16.7. The first-order valence-corrected chi connectivity index (χ1v) is 7.55. The molecule has 0 saturated heterocycles. The lowest BCUT2D eigenvalue weighted by atomic mass is 10.2. The van der Waals surface area contributed by atoms with Gasteiger partial charge in [0.1, 0.15) is 10.7 Å². The number of fused-ring (bicyclic) bond motifs is 1. The molecule has 0 aliphatic heterocycles. The van der Waals surface area contributed by atoms with Gasteiger partial charge in [-0.25, -0.2) is 4.39 Å². The number of hydrogen-bond acceptors (Lipinski definition) is 4. The zero-order valence-corrected chi connectivity index (χ0v) is 13.0. The van der Waals surface area contributed by atoms with Crippen molar-refractivity contribution in [1.29, 1.82) is 0 Å². The minimum atomic E-state index is -0.382. The molecule has 2 heterocycles. The van der Waals surface area contributed by atoms with Gasteiger partial charge in [0.05, 0.1) is 16.1 Å². The lowest BCUT2D eigenvalue weighted by Crippen LogP contribution is -2.12. The van der Waals surface area contributed by atoms with Crippen LogP contribution in [0.2, 0.25) is 0 Å². The van der Waals surface area contributed by atoms with Crippen molar-refractivity contribution in [2.24, 2.45) is 0 Å². The number of hydrogen-bond donors (Lipinski definition) is 2. The molecule has 1 aromatic carbocycles. The molecule has 0 aliphatic rings. The van der Waals surface area contributed by atoms with Crippen LogP contribution < -0.4 is 11.1 Å². The van der Waals surface area contributed by atoms with Crippen molar-refractivity contribution in [3.63, 3.8) is 0 Å². The van der Waals surface area contributed by atoms with E-state index in [4.69, 9.17) is 5.73 Å². The Kier molecular flexibility index (Phi) is 3.60. The Morgan fingerprint density at radius 3 is 2.90 bits per heavy atom. The minimum Gasteiger partial charge on any atom is -0.397 e. The fourth-order valence-corrected chi connectivity index (χ4v) is 3.34. The van der Waals surface area contributed by atoms with Crippen molar-refractivity contribution >= 4 is 54.6 Å². The van der Waals surface area contributed by atoms with Crippen LogP contribution >= 0.6 is 27.3 Å². The van der Waals surface area contributed by atoms with Gasteiger partial charge >= 0.3 is 0 Å². The van der Waals surface area contributed by atoms with E-state index >= 15 is 0 Å². The number of halogens is 2. The van der Waals surface area contributed by atoms with Crippen LogP contribution in [-0.2, 0) is 0 Å². The summed E-state index contributed by atoms with van der Waals surface area (Å²) in [7, 11) is 0. The van der Waals surface area contributed by atoms with Crippen LogP contribution in [0, 0.1) is 5.82 Å². The van der Waals surface area contributed by atoms with Crippen molar-refractivity contribution in [2.45, 2.75) is 0 Å². The van der Waals surface area contributed by atoms with Gasteiger partial charge in [-0.1, -0.05) is 0 Å². The molecule has 21 heavy (non-hydrogen) atoms. The number of amides is 1. The Balaban J connectivity index is 1.95. The fourth-order valence-electron chi connectivity index (χ4n) is 1.91. The third-order valence-electron chi connectivity index (χ3n) is 2.92. The van der Waals surface area contributed by atoms with E-state index in [9.17, 15) is 9.18 Å². The molecule has 0 aliphatic carbocycles. The van der Waals surface area contributed by atoms with Crippen LogP contribution in [0.3, 0.4) is 0 Å². The number of rotatable bonds is 2. The van der Waals surface area contributed by atoms with Crippen molar-refractivity contribution < 1.29 is 9.18 Å². The summed E-state index contributed by atoms with van der Waals surface area (Å²) in [6.45, 7) is 0. The van der Waals surface area contributed by atoms with Crippen LogP contribution in [0.5, 0.6) is 0 Å². The monoisotopic (exact) mass is 365 g/mol. The molecular formula is C14H9BrFN3OS. The largest absolute Gasteiger partial charge is 0.397 e. The Hall–Kier alpha value is -1.99. The van der Waals surface area contributed by atoms with Gasteiger partial charge in [-0.15, -0.1) is 11.3 Å². The summed E-state index contributed by atoms with van der Waals surface area (Å²) in [5, 5.41) is 3.52. The number of nitrogens with two attached hydrogens (primary N) is 1. The molecule has 0 atom stereocenters. The number of nitrogen functional groups attached to an aromatic ring is 1. The molecule has 3 aromatic rings. The third-order valence-corrected chi connectivity index (χ3v) is 4.73. The molecule has 0 saturated carbocycles. The molecule has 0 unspecified atom stereocenters. The molecule has 2 aromatic heterocycles. The molecular weight excluding hydrogens is 357 g/mol. The van der Waals surface area contributed by atoms with Gasteiger partial charge in [0.25, 0.3) is 5.91 Å². The molecule has 3 N–H and O–H groups in total. The predicted octanol–water partition coefficient (Wildman–Crippen LogP) is 4.03. The van der Waals surface area contributed by atoms with Crippen LogP contribution in [0.25, 0.3) is 10.1 Å². The molecule has 0 fully saturated rings. The number of carbonyl (C=O) groups is 1. The van der Waals surface area contributed by atoms with Gasteiger partial charge in [0.2, 0.25) is 0 Å². The smallest absolute Gasteiger partial charge is 0.267 e. The highest BCUT2D eigenvalue weighted by molar-refractivity contribution is 9.10. The second-order valence-electron chi connectivity index (χ2n) is 4.29. The van der Waals surface area contributed by atoms with Gasteiger partial charge in [0.15, 0.2) is 0 Å². The van der Waals surface area contributed by atoms with E-state index in [1.165, 1.54) is 29.5 Å². The zero-order chi connectivity index (χ0) is 15.0. The number of benzene rings is 1. The molecule has 0 spiro atoms. The number of aromatic nitrogens is 1. The third kappa shape index (κ3) is 2.62. The number of nitrogens with one attached hydrogen (secondary N) is 1. The highest BCUT2D eigenvalue weighted by Crippen LogP contribution is 2.34. The SMILES string of the molecule is Nc1c(C(=O)Nc2ccc(F)cc2Br)sc2cnccc12. The van der Waals surface area contributed by atoms with Gasteiger partial charge in [-0.3, -0.25) is 9.78 Å².